The number of hydrogen-bond acceptors (Lipinski definition) is 5. The fourth-order valence-electron chi connectivity index (χ4n) is 5.45. The molecular formula is C31H41ClF2N6O2. The molecule has 1 aromatic carbocycles. The van der Waals surface area contributed by atoms with Crippen LogP contribution in [0.15, 0.2) is 24.3 Å². The zero-order valence-electron chi connectivity index (χ0n) is 25.5. The van der Waals surface area contributed by atoms with Gasteiger partial charge in [0.1, 0.15) is 17.2 Å². The summed E-state index contributed by atoms with van der Waals surface area (Å²) in [6.45, 7) is 11.5. The highest BCUT2D eigenvalue weighted by Gasteiger charge is 2.35. The number of H-pyrrole nitrogens is 1. The molecule has 0 aliphatic carbocycles. The van der Waals surface area contributed by atoms with Crippen molar-refractivity contribution in [2.24, 2.45) is 5.92 Å². The average Bonchev–Trinajstić information content (AvgIpc) is 3.44. The molecule has 1 aliphatic heterocycles. The quantitative estimate of drug-likeness (QED) is 0.210. The van der Waals surface area contributed by atoms with E-state index < -0.39 is 12.1 Å². The number of nitrogens with zero attached hydrogens (tertiary/aromatic N) is 5. The van der Waals surface area contributed by atoms with Crippen LogP contribution in [0.2, 0.25) is 5.02 Å². The standard InChI is InChI=1S/C31H41ClF2N6O2/c1-18(2)40-26(11-10-23-20-14-21(31(3,4)5)22(32)15-24(20)37-36-23)35-28(30(33)34)29(40)25(41)13-19-16-39(17-19)27(42)9-8-12-38(6)7/h8-9,14-15,18-19,30H,10-13,16-17H2,1-7H3,(H,36,37)/b9-8+. The molecule has 0 unspecified atom stereocenters. The zero-order valence-corrected chi connectivity index (χ0v) is 26.2. The maximum absolute atomic E-state index is 14.2. The second-order valence-corrected chi connectivity index (χ2v) is 13.1. The van der Waals surface area contributed by atoms with Crippen LogP contribution in [0.5, 0.6) is 0 Å². The Morgan fingerprint density at radius 3 is 2.48 bits per heavy atom. The molecule has 1 fully saturated rings. The van der Waals surface area contributed by atoms with Crippen molar-refractivity contribution in [1.29, 1.82) is 0 Å². The van der Waals surface area contributed by atoms with E-state index in [-0.39, 0.29) is 41.2 Å². The van der Waals surface area contributed by atoms with Crippen LogP contribution in [0.4, 0.5) is 8.78 Å². The van der Waals surface area contributed by atoms with Gasteiger partial charge in [-0.25, -0.2) is 13.8 Å². The average molecular weight is 603 g/mol. The van der Waals surface area contributed by atoms with Gasteiger partial charge in [0.05, 0.1) is 5.52 Å². The molecule has 0 bridgehead atoms. The van der Waals surface area contributed by atoms with Gasteiger partial charge in [0.15, 0.2) is 5.78 Å². The van der Waals surface area contributed by atoms with Gasteiger partial charge >= 0.3 is 0 Å². The topological polar surface area (TPSA) is 87.1 Å². The highest BCUT2D eigenvalue weighted by atomic mass is 35.5. The summed E-state index contributed by atoms with van der Waals surface area (Å²) in [4.78, 5) is 33.7. The monoisotopic (exact) mass is 602 g/mol. The summed E-state index contributed by atoms with van der Waals surface area (Å²) in [7, 11) is 3.83. The lowest BCUT2D eigenvalue weighted by molar-refractivity contribution is -0.132. The van der Waals surface area contributed by atoms with Crippen LogP contribution in [0.3, 0.4) is 0 Å². The molecule has 1 saturated heterocycles. The summed E-state index contributed by atoms with van der Waals surface area (Å²) in [6.07, 6.45) is 1.36. The maximum Gasteiger partial charge on any atom is 0.282 e. The van der Waals surface area contributed by atoms with E-state index in [4.69, 9.17) is 11.6 Å². The molecule has 42 heavy (non-hydrogen) atoms. The number of aromatic amines is 1. The summed E-state index contributed by atoms with van der Waals surface area (Å²) in [6, 6.07) is 3.63. The summed E-state index contributed by atoms with van der Waals surface area (Å²) in [5.74, 6) is -0.109. The van der Waals surface area contributed by atoms with Gasteiger partial charge in [-0.15, -0.1) is 0 Å². The van der Waals surface area contributed by atoms with Crippen molar-refractivity contribution in [3.8, 4) is 0 Å². The molecule has 8 nitrogen and oxygen atoms in total. The van der Waals surface area contributed by atoms with E-state index in [2.05, 4.69) is 36.0 Å². The predicted molar refractivity (Wildman–Crippen MR) is 161 cm³/mol. The van der Waals surface area contributed by atoms with Gasteiger partial charge in [-0.1, -0.05) is 38.4 Å². The molecule has 0 saturated carbocycles. The van der Waals surface area contributed by atoms with Crippen LogP contribution in [-0.4, -0.2) is 75.0 Å². The van der Waals surface area contributed by atoms with Crippen LogP contribution >= 0.6 is 11.6 Å². The number of likely N-dealkylation sites (N-methyl/N-ethyl adjacent to an activating group) is 1. The second-order valence-electron chi connectivity index (χ2n) is 12.7. The molecule has 1 aliphatic rings. The lowest BCUT2D eigenvalue weighted by Crippen LogP contribution is -2.50. The largest absolute Gasteiger partial charge is 0.338 e. The fourth-order valence-corrected chi connectivity index (χ4v) is 5.90. The van der Waals surface area contributed by atoms with E-state index in [1.54, 1.807) is 15.5 Å². The van der Waals surface area contributed by atoms with E-state index in [0.29, 0.717) is 43.3 Å². The Bertz CT molecular complexity index is 1480. The summed E-state index contributed by atoms with van der Waals surface area (Å²) >= 11 is 6.52. The number of imidazole rings is 1. The number of ketones is 1. The zero-order chi connectivity index (χ0) is 30.9. The normalized spacial score (nSPS) is 14.7. The fraction of sp³-hybridized carbons (Fsp3) is 0.548. The number of rotatable bonds is 11. The van der Waals surface area contributed by atoms with Crippen LogP contribution < -0.4 is 0 Å². The number of carbonyl (C=O) groups excluding carboxylic acids is 2. The van der Waals surface area contributed by atoms with E-state index in [1.165, 1.54) is 6.08 Å². The molecule has 2 aromatic heterocycles. The van der Waals surface area contributed by atoms with Crippen molar-refractivity contribution < 1.29 is 18.4 Å². The Hall–Kier alpha value is -3.11. The number of aryl methyl sites for hydroxylation is 2. The Balaban J connectivity index is 1.52. The Morgan fingerprint density at radius 1 is 1.19 bits per heavy atom. The predicted octanol–water partition coefficient (Wildman–Crippen LogP) is 6.16. The highest BCUT2D eigenvalue weighted by molar-refractivity contribution is 6.32. The van der Waals surface area contributed by atoms with Crippen molar-refractivity contribution >= 4 is 34.2 Å². The molecule has 4 rings (SSSR count). The molecule has 0 radical (unpaired) electrons. The van der Waals surface area contributed by atoms with Gasteiger partial charge in [-0.05, 0) is 57.5 Å². The minimum absolute atomic E-state index is 0.0260. The lowest BCUT2D eigenvalue weighted by Gasteiger charge is -2.38. The van der Waals surface area contributed by atoms with Crippen LogP contribution in [0.25, 0.3) is 10.9 Å². The Labute approximate surface area is 251 Å². The molecule has 3 aromatic rings. The first-order valence-corrected chi connectivity index (χ1v) is 14.7. The van der Waals surface area contributed by atoms with Crippen molar-refractivity contribution in [3.05, 3.63) is 57.8 Å². The summed E-state index contributed by atoms with van der Waals surface area (Å²) in [5, 5.41) is 9.05. The molecule has 11 heteroatoms. The van der Waals surface area contributed by atoms with Crippen LogP contribution in [0.1, 0.15) is 86.8 Å². The van der Waals surface area contributed by atoms with E-state index in [1.807, 2.05) is 45.0 Å². The number of aromatic nitrogens is 4. The van der Waals surface area contributed by atoms with Gasteiger partial charge in [0, 0.05) is 66.6 Å². The molecule has 1 N–H and O–H groups in total. The van der Waals surface area contributed by atoms with Crippen molar-refractivity contribution in [1.82, 2.24) is 29.5 Å². The number of hydrogen-bond donors (Lipinski definition) is 1. The van der Waals surface area contributed by atoms with Gasteiger partial charge in [-0.3, -0.25) is 14.7 Å². The molecule has 1 amide bonds. The maximum atomic E-state index is 14.2. The van der Waals surface area contributed by atoms with Crippen LogP contribution in [-0.2, 0) is 23.1 Å². The number of alkyl halides is 2. The number of fused-ring (bicyclic) bond motifs is 1. The minimum Gasteiger partial charge on any atom is -0.338 e. The third kappa shape index (κ3) is 6.92. The van der Waals surface area contributed by atoms with E-state index in [0.717, 1.165) is 22.2 Å². The van der Waals surface area contributed by atoms with Gasteiger partial charge < -0.3 is 14.4 Å². The molecule has 228 valence electrons. The molecule has 3 heterocycles. The third-order valence-electron chi connectivity index (χ3n) is 7.60. The number of halogens is 3. The SMILES string of the molecule is CC(C)n1c(CCc2[nH]nc3cc(Cl)c(C(C)(C)C)cc23)nc(C(F)F)c1C(=O)CC1CN(C(=O)/C=C/CN(C)C)C1. The first kappa shape index (κ1) is 31.8. The third-order valence-corrected chi connectivity index (χ3v) is 7.91. The molecule has 0 spiro atoms. The first-order chi connectivity index (χ1) is 19.7. The van der Waals surface area contributed by atoms with Gasteiger partial charge in [0.25, 0.3) is 6.43 Å². The van der Waals surface area contributed by atoms with E-state index in [9.17, 15) is 18.4 Å². The second kappa shape index (κ2) is 12.6. The smallest absolute Gasteiger partial charge is 0.282 e. The van der Waals surface area contributed by atoms with Crippen LogP contribution in [0, 0.1) is 5.92 Å². The Morgan fingerprint density at radius 2 is 1.88 bits per heavy atom. The van der Waals surface area contributed by atoms with Gasteiger partial charge in [0.2, 0.25) is 5.91 Å². The summed E-state index contributed by atoms with van der Waals surface area (Å²) < 4.78 is 30.1. The number of nitrogens with one attached hydrogen (secondary N) is 1. The summed E-state index contributed by atoms with van der Waals surface area (Å²) in [5.41, 5.74) is 1.93. The first-order valence-electron chi connectivity index (χ1n) is 14.4. The molecule has 0 atom stereocenters. The highest BCUT2D eigenvalue weighted by Crippen LogP contribution is 2.34. The number of Topliss-reactive ketones (excluding diaryl/α,β-unsaturated/α-hetero) is 1. The molecular weight excluding hydrogens is 562 g/mol. The Kier molecular flexibility index (Phi) is 9.57. The van der Waals surface area contributed by atoms with E-state index >= 15 is 0 Å². The lowest BCUT2D eigenvalue weighted by atomic mass is 9.86. The number of amides is 1. The van der Waals surface area contributed by atoms with Crippen molar-refractivity contribution in [2.75, 3.05) is 33.7 Å². The van der Waals surface area contributed by atoms with Crippen molar-refractivity contribution in [2.45, 2.75) is 71.8 Å². The number of benzene rings is 1. The van der Waals surface area contributed by atoms with Gasteiger partial charge in [-0.2, -0.15) is 5.10 Å². The van der Waals surface area contributed by atoms with Crippen molar-refractivity contribution in [3.63, 3.8) is 0 Å². The number of likely N-dealkylation sites (tertiary alicyclic amines) is 1. The minimum atomic E-state index is -2.88. The number of carbonyl (C=O) groups is 2.